The summed E-state index contributed by atoms with van der Waals surface area (Å²) in [5.41, 5.74) is 7.09. The zero-order valence-electron chi connectivity index (χ0n) is 10.7. The van der Waals surface area contributed by atoms with Gasteiger partial charge in [0.15, 0.2) is 5.82 Å². The van der Waals surface area contributed by atoms with Crippen LogP contribution >= 0.6 is 0 Å². The highest BCUT2D eigenvalue weighted by atomic mass is 19.1. The Bertz CT molecular complexity index is 573. The first kappa shape index (κ1) is 12.1. The number of hydrogen-bond acceptors (Lipinski definition) is 3. The Morgan fingerprint density at radius 1 is 1.21 bits per heavy atom. The minimum absolute atomic E-state index is 0.303. The maximum absolute atomic E-state index is 13.4. The van der Waals surface area contributed by atoms with Crippen LogP contribution in [0, 0.1) is 5.82 Å². The van der Waals surface area contributed by atoms with Gasteiger partial charge in [-0.2, -0.15) is 0 Å². The normalized spacial score (nSPS) is 16.7. The van der Waals surface area contributed by atoms with E-state index < -0.39 is 0 Å². The maximum Gasteiger partial charge on any atom is 0.166 e. The van der Waals surface area contributed by atoms with Crippen LogP contribution in [0.1, 0.15) is 38.1 Å². The third-order valence-corrected chi connectivity index (χ3v) is 3.80. The highest BCUT2D eigenvalue weighted by molar-refractivity contribution is 5.71. The first-order valence-electron chi connectivity index (χ1n) is 6.70. The fourth-order valence-corrected chi connectivity index (χ4v) is 2.78. The Kier molecular flexibility index (Phi) is 3.19. The standard InChI is InChI=1S/C14H17FN4/c15-10-6-7-13(16)12(8-10)14-18-17-9-19(14)11-4-2-1-3-5-11/h6-9,11H,1-5,16H2. The lowest BCUT2D eigenvalue weighted by Gasteiger charge is -2.24. The molecule has 100 valence electrons. The van der Waals surface area contributed by atoms with Crippen LogP contribution in [-0.4, -0.2) is 14.8 Å². The number of nitrogens with zero attached hydrogens (tertiary/aromatic N) is 3. The smallest absolute Gasteiger partial charge is 0.166 e. The molecule has 3 rings (SSSR count). The first-order valence-corrected chi connectivity index (χ1v) is 6.70. The Morgan fingerprint density at radius 3 is 2.79 bits per heavy atom. The summed E-state index contributed by atoms with van der Waals surface area (Å²) in [6.07, 6.45) is 7.72. The number of aromatic nitrogens is 3. The SMILES string of the molecule is Nc1ccc(F)cc1-c1nncn1C1CCCCC1. The van der Waals surface area contributed by atoms with Crippen LogP contribution in [0.2, 0.25) is 0 Å². The molecule has 1 aliphatic carbocycles. The Hall–Kier alpha value is -1.91. The summed E-state index contributed by atoms with van der Waals surface area (Å²) in [7, 11) is 0. The van der Waals surface area contributed by atoms with E-state index in [1.165, 1.54) is 31.4 Å². The highest BCUT2D eigenvalue weighted by Gasteiger charge is 2.20. The van der Waals surface area contributed by atoms with E-state index in [0.29, 0.717) is 23.1 Å². The minimum Gasteiger partial charge on any atom is -0.398 e. The van der Waals surface area contributed by atoms with Crippen LogP contribution in [0.3, 0.4) is 0 Å². The van der Waals surface area contributed by atoms with Crippen LogP contribution in [0.25, 0.3) is 11.4 Å². The molecule has 1 saturated carbocycles. The molecule has 1 fully saturated rings. The lowest BCUT2D eigenvalue weighted by Crippen LogP contribution is -2.13. The Balaban J connectivity index is 2.01. The van der Waals surface area contributed by atoms with Crippen molar-refractivity contribution in [3.8, 4) is 11.4 Å². The van der Waals surface area contributed by atoms with Crippen LogP contribution in [0.15, 0.2) is 24.5 Å². The van der Waals surface area contributed by atoms with Crippen LogP contribution in [0.5, 0.6) is 0 Å². The predicted molar refractivity (Wildman–Crippen MR) is 72.0 cm³/mol. The first-order chi connectivity index (χ1) is 9.25. The molecule has 1 aromatic carbocycles. The van der Waals surface area contributed by atoms with Crippen molar-refractivity contribution >= 4 is 5.69 Å². The van der Waals surface area contributed by atoms with E-state index in [1.54, 1.807) is 12.4 Å². The van der Waals surface area contributed by atoms with Crippen molar-refractivity contribution in [2.75, 3.05) is 5.73 Å². The van der Waals surface area contributed by atoms with Crippen molar-refractivity contribution in [2.24, 2.45) is 0 Å². The molecule has 0 radical (unpaired) electrons. The molecule has 0 saturated heterocycles. The number of benzene rings is 1. The van der Waals surface area contributed by atoms with Gasteiger partial charge in [0, 0.05) is 17.3 Å². The third kappa shape index (κ3) is 2.32. The van der Waals surface area contributed by atoms with Gasteiger partial charge in [-0.15, -0.1) is 10.2 Å². The zero-order valence-corrected chi connectivity index (χ0v) is 10.7. The summed E-state index contributed by atoms with van der Waals surface area (Å²) in [4.78, 5) is 0. The zero-order chi connectivity index (χ0) is 13.2. The van der Waals surface area contributed by atoms with Gasteiger partial charge in [0.05, 0.1) is 0 Å². The molecule has 4 nitrogen and oxygen atoms in total. The fourth-order valence-electron chi connectivity index (χ4n) is 2.78. The van der Waals surface area contributed by atoms with Crippen molar-refractivity contribution < 1.29 is 4.39 Å². The third-order valence-electron chi connectivity index (χ3n) is 3.80. The minimum atomic E-state index is -0.303. The number of anilines is 1. The molecule has 2 N–H and O–H groups in total. The van der Waals surface area contributed by atoms with Crippen LogP contribution in [-0.2, 0) is 0 Å². The summed E-state index contributed by atoms with van der Waals surface area (Å²) < 4.78 is 15.4. The van der Waals surface area contributed by atoms with Crippen molar-refractivity contribution in [1.82, 2.24) is 14.8 Å². The Labute approximate surface area is 111 Å². The molecular weight excluding hydrogens is 243 g/mol. The average molecular weight is 260 g/mol. The molecule has 0 unspecified atom stereocenters. The Morgan fingerprint density at radius 2 is 2.00 bits per heavy atom. The molecule has 2 aromatic rings. The van der Waals surface area contributed by atoms with Gasteiger partial charge in [-0.25, -0.2) is 4.39 Å². The summed E-state index contributed by atoms with van der Waals surface area (Å²) in [6, 6.07) is 4.77. The molecule has 0 atom stereocenters. The molecule has 1 aliphatic rings. The molecular formula is C14H17FN4. The monoisotopic (exact) mass is 260 g/mol. The van der Waals surface area contributed by atoms with Crippen molar-refractivity contribution in [3.05, 3.63) is 30.3 Å². The van der Waals surface area contributed by atoms with Gasteiger partial charge in [-0.1, -0.05) is 19.3 Å². The molecule has 1 aromatic heterocycles. The van der Waals surface area contributed by atoms with E-state index in [4.69, 9.17) is 5.73 Å². The van der Waals surface area contributed by atoms with Gasteiger partial charge in [0.25, 0.3) is 0 Å². The van der Waals surface area contributed by atoms with E-state index in [2.05, 4.69) is 10.2 Å². The highest BCUT2D eigenvalue weighted by Crippen LogP contribution is 2.33. The summed E-state index contributed by atoms with van der Waals surface area (Å²) in [5, 5.41) is 8.11. The van der Waals surface area contributed by atoms with Crippen molar-refractivity contribution in [2.45, 2.75) is 38.1 Å². The lowest BCUT2D eigenvalue weighted by atomic mass is 9.95. The second kappa shape index (κ2) is 4.99. The summed E-state index contributed by atoms with van der Waals surface area (Å²) in [6.45, 7) is 0. The molecule has 5 heteroatoms. The second-order valence-electron chi connectivity index (χ2n) is 5.09. The van der Waals surface area contributed by atoms with Gasteiger partial charge in [-0.3, -0.25) is 0 Å². The topological polar surface area (TPSA) is 56.7 Å². The molecule has 0 amide bonds. The summed E-state index contributed by atoms with van der Waals surface area (Å²) in [5.74, 6) is 0.367. The van der Waals surface area contributed by atoms with Gasteiger partial charge in [0.1, 0.15) is 12.1 Å². The van der Waals surface area contributed by atoms with Gasteiger partial charge in [-0.05, 0) is 31.0 Å². The van der Waals surface area contributed by atoms with E-state index in [9.17, 15) is 4.39 Å². The number of halogens is 1. The number of rotatable bonds is 2. The van der Waals surface area contributed by atoms with Crippen LogP contribution < -0.4 is 5.73 Å². The van der Waals surface area contributed by atoms with Gasteiger partial charge < -0.3 is 10.3 Å². The molecule has 19 heavy (non-hydrogen) atoms. The predicted octanol–water partition coefficient (Wildman–Crippen LogP) is 3.17. The average Bonchev–Trinajstić information content (AvgIpc) is 2.91. The number of nitrogens with two attached hydrogens (primary N) is 1. The van der Waals surface area contributed by atoms with Gasteiger partial charge >= 0.3 is 0 Å². The fraction of sp³-hybridized carbons (Fsp3) is 0.429. The van der Waals surface area contributed by atoms with Crippen LogP contribution in [0.4, 0.5) is 10.1 Å². The van der Waals surface area contributed by atoms with E-state index >= 15 is 0 Å². The van der Waals surface area contributed by atoms with E-state index in [0.717, 1.165) is 12.8 Å². The summed E-state index contributed by atoms with van der Waals surface area (Å²) >= 11 is 0. The van der Waals surface area contributed by atoms with Crippen molar-refractivity contribution in [1.29, 1.82) is 0 Å². The molecule has 1 heterocycles. The van der Waals surface area contributed by atoms with Crippen molar-refractivity contribution in [3.63, 3.8) is 0 Å². The molecule has 0 bridgehead atoms. The second-order valence-corrected chi connectivity index (χ2v) is 5.09. The van der Waals surface area contributed by atoms with E-state index in [1.807, 2.05) is 4.57 Å². The van der Waals surface area contributed by atoms with E-state index in [-0.39, 0.29) is 5.82 Å². The molecule has 0 aliphatic heterocycles. The van der Waals surface area contributed by atoms with Gasteiger partial charge in [0.2, 0.25) is 0 Å². The largest absolute Gasteiger partial charge is 0.398 e. The lowest BCUT2D eigenvalue weighted by molar-refractivity contribution is 0.355. The maximum atomic E-state index is 13.4. The number of nitrogen functional groups attached to an aromatic ring is 1. The number of hydrogen-bond donors (Lipinski definition) is 1. The quantitative estimate of drug-likeness (QED) is 0.844. The molecule has 0 spiro atoms.